The fourth-order valence-electron chi connectivity index (χ4n) is 3.59. The molecule has 8 heteroatoms. The zero-order valence-electron chi connectivity index (χ0n) is 16.6. The Morgan fingerprint density at radius 3 is 2.48 bits per heavy atom. The number of sulfonamides is 1. The Hall–Kier alpha value is -1.38. The van der Waals surface area contributed by atoms with Crippen LogP contribution in [-0.2, 0) is 14.8 Å². The van der Waals surface area contributed by atoms with Crippen LogP contribution < -0.4 is 5.32 Å². The van der Waals surface area contributed by atoms with Crippen molar-refractivity contribution in [2.24, 2.45) is 5.92 Å². The average molecular weight is 401 g/mol. The Balaban J connectivity index is 1.92. The molecule has 1 amide bonds. The molecular formula is C19H32N2O5S. The highest BCUT2D eigenvalue weighted by Crippen LogP contribution is 2.22. The average Bonchev–Trinajstić information content (AvgIpc) is 3.19. The largest absolute Gasteiger partial charge is 0.438 e. The van der Waals surface area contributed by atoms with Gasteiger partial charge in [0.2, 0.25) is 5.09 Å². The van der Waals surface area contributed by atoms with Crippen LogP contribution in [0.1, 0.15) is 62.9 Å². The van der Waals surface area contributed by atoms with E-state index in [2.05, 4.69) is 19.2 Å². The smallest absolute Gasteiger partial charge is 0.287 e. The first-order valence-corrected chi connectivity index (χ1v) is 11.3. The monoisotopic (exact) mass is 400 g/mol. The molecule has 1 aromatic heterocycles. The van der Waals surface area contributed by atoms with Crippen molar-refractivity contribution >= 4 is 15.9 Å². The summed E-state index contributed by atoms with van der Waals surface area (Å²) in [6.07, 6.45) is 5.59. The summed E-state index contributed by atoms with van der Waals surface area (Å²) in [5.41, 5.74) is 0. The van der Waals surface area contributed by atoms with Gasteiger partial charge in [-0.05, 0) is 37.3 Å². The number of nitrogens with one attached hydrogen (secondary N) is 1. The van der Waals surface area contributed by atoms with Crippen molar-refractivity contribution in [1.82, 2.24) is 9.62 Å². The van der Waals surface area contributed by atoms with E-state index in [9.17, 15) is 13.2 Å². The Morgan fingerprint density at radius 2 is 1.89 bits per heavy atom. The zero-order valence-corrected chi connectivity index (χ0v) is 17.4. The first-order chi connectivity index (χ1) is 12.9. The Morgan fingerprint density at radius 1 is 1.22 bits per heavy atom. The summed E-state index contributed by atoms with van der Waals surface area (Å²) in [6.45, 7) is 5.71. The normalized spacial score (nSPS) is 17.2. The number of amides is 1. The van der Waals surface area contributed by atoms with Crippen molar-refractivity contribution in [3.8, 4) is 0 Å². The minimum atomic E-state index is -3.66. The lowest BCUT2D eigenvalue weighted by molar-refractivity contribution is 0.0419. The number of methoxy groups -OCH3 is 1. The maximum atomic E-state index is 12.6. The lowest BCUT2D eigenvalue weighted by atomic mass is 9.94. The molecule has 1 fully saturated rings. The molecule has 0 saturated carbocycles. The van der Waals surface area contributed by atoms with Crippen LogP contribution in [0.2, 0.25) is 0 Å². The van der Waals surface area contributed by atoms with Gasteiger partial charge in [0.25, 0.3) is 15.9 Å². The molecule has 0 bridgehead atoms. The van der Waals surface area contributed by atoms with Gasteiger partial charge in [-0.15, -0.1) is 0 Å². The highest BCUT2D eigenvalue weighted by Gasteiger charge is 2.29. The van der Waals surface area contributed by atoms with E-state index in [1.807, 2.05) is 0 Å². The minimum Gasteiger partial charge on any atom is -0.438 e. The van der Waals surface area contributed by atoms with Gasteiger partial charge in [-0.25, -0.2) is 8.42 Å². The lowest BCUT2D eigenvalue weighted by Crippen LogP contribution is -2.35. The van der Waals surface area contributed by atoms with Crippen LogP contribution in [0.15, 0.2) is 21.6 Å². The summed E-state index contributed by atoms with van der Waals surface area (Å²) >= 11 is 0. The van der Waals surface area contributed by atoms with Crippen molar-refractivity contribution in [1.29, 1.82) is 0 Å². The first kappa shape index (κ1) is 21.9. The van der Waals surface area contributed by atoms with Gasteiger partial charge >= 0.3 is 0 Å². The van der Waals surface area contributed by atoms with Crippen molar-refractivity contribution in [3.63, 3.8) is 0 Å². The molecule has 7 nitrogen and oxygen atoms in total. The molecule has 1 N–H and O–H groups in total. The number of furan rings is 1. The van der Waals surface area contributed by atoms with Gasteiger partial charge in [0.1, 0.15) is 0 Å². The van der Waals surface area contributed by atoms with Crippen LogP contribution in [0, 0.1) is 5.92 Å². The predicted molar refractivity (Wildman–Crippen MR) is 103 cm³/mol. The van der Waals surface area contributed by atoms with Gasteiger partial charge < -0.3 is 14.5 Å². The summed E-state index contributed by atoms with van der Waals surface area (Å²) in [6, 6.07) is 2.78. The molecule has 2 heterocycles. The van der Waals surface area contributed by atoms with Gasteiger partial charge in [0.15, 0.2) is 5.76 Å². The Bertz CT molecular complexity index is 691. The van der Waals surface area contributed by atoms with E-state index in [-0.39, 0.29) is 17.0 Å². The van der Waals surface area contributed by atoms with Gasteiger partial charge in [0, 0.05) is 26.7 Å². The van der Waals surface area contributed by atoms with E-state index >= 15 is 0 Å². The SMILES string of the molecule is CCC(CC)[C@@H](CCNC(=O)c1ccc(S(=O)(=O)N2CCCCC2)o1)OC. The van der Waals surface area contributed by atoms with Crippen LogP contribution in [-0.4, -0.2) is 51.5 Å². The number of rotatable bonds is 10. The summed E-state index contributed by atoms with van der Waals surface area (Å²) in [5, 5.41) is 2.62. The highest BCUT2D eigenvalue weighted by atomic mass is 32.2. The van der Waals surface area contributed by atoms with Crippen molar-refractivity contribution in [2.75, 3.05) is 26.7 Å². The summed E-state index contributed by atoms with van der Waals surface area (Å²) in [7, 11) is -1.97. The number of carbonyl (C=O) groups is 1. The van der Waals surface area contributed by atoms with Crippen molar-refractivity contribution < 1.29 is 22.4 Å². The van der Waals surface area contributed by atoms with E-state index in [1.165, 1.54) is 16.4 Å². The fraction of sp³-hybridized carbons (Fsp3) is 0.737. The topological polar surface area (TPSA) is 88.9 Å². The van der Waals surface area contributed by atoms with Crippen LogP contribution in [0.25, 0.3) is 0 Å². The number of piperidine rings is 1. The second-order valence-corrected chi connectivity index (χ2v) is 8.85. The third-order valence-electron chi connectivity index (χ3n) is 5.31. The Kier molecular flexibility index (Phi) is 8.31. The predicted octanol–water partition coefficient (Wildman–Crippen LogP) is 3.03. The molecule has 1 aliphatic heterocycles. The second kappa shape index (κ2) is 10.2. The molecular weight excluding hydrogens is 368 g/mol. The molecule has 27 heavy (non-hydrogen) atoms. The standard InChI is InChI=1S/C19H32N2O5S/c1-4-15(5-2)16(25-3)11-12-20-19(22)17-9-10-18(26-17)27(23,24)21-13-7-6-8-14-21/h9-10,15-16H,4-8,11-14H2,1-3H3,(H,20,22)/t16-/m1/s1. The molecule has 0 aromatic carbocycles. The van der Waals surface area contributed by atoms with E-state index in [0.717, 1.165) is 32.1 Å². The number of carbonyl (C=O) groups excluding carboxylic acids is 1. The summed E-state index contributed by atoms with van der Waals surface area (Å²) in [5.74, 6) is 0.0633. The molecule has 1 aromatic rings. The molecule has 0 aliphatic carbocycles. The van der Waals surface area contributed by atoms with Crippen LogP contribution >= 0.6 is 0 Å². The first-order valence-electron chi connectivity index (χ1n) is 9.85. The maximum absolute atomic E-state index is 12.6. The number of nitrogens with zero attached hydrogens (tertiary/aromatic N) is 1. The van der Waals surface area contributed by atoms with Crippen LogP contribution in [0.4, 0.5) is 0 Å². The van der Waals surface area contributed by atoms with Gasteiger partial charge in [-0.1, -0.05) is 33.1 Å². The van der Waals surface area contributed by atoms with Crippen LogP contribution in [0.5, 0.6) is 0 Å². The summed E-state index contributed by atoms with van der Waals surface area (Å²) < 4.78 is 37.5. The second-order valence-electron chi connectivity index (χ2n) is 6.98. The molecule has 154 valence electrons. The highest BCUT2D eigenvalue weighted by molar-refractivity contribution is 7.89. The number of hydrogen-bond donors (Lipinski definition) is 1. The third-order valence-corrected chi connectivity index (χ3v) is 7.08. The van der Waals surface area contributed by atoms with E-state index in [0.29, 0.717) is 32.0 Å². The third kappa shape index (κ3) is 5.56. The van der Waals surface area contributed by atoms with E-state index in [1.54, 1.807) is 7.11 Å². The summed E-state index contributed by atoms with van der Waals surface area (Å²) in [4.78, 5) is 12.3. The molecule has 0 radical (unpaired) electrons. The fourth-order valence-corrected chi connectivity index (χ4v) is 5.02. The quantitative estimate of drug-likeness (QED) is 0.652. The maximum Gasteiger partial charge on any atom is 0.287 e. The van der Waals surface area contributed by atoms with Crippen LogP contribution in [0.3, 0.4) is 0 Å². The molecule has 1 saturated heterocycles. The molecule has 2 rings (SSSR count). The van der Waals surface area contributed by atoms with Gasteiger partial charge in [-0.3, -0.25) is 4.79 Å². The zero-order chi connectivity index (χ0) is 19.9. The molecule has 1 aliphatic rings. The number of hydrogen-bond acceptors (Lipinski definition) is 5. The lowest BCUT2D eigenvalue weighted by Gasteiger charge is -2.24. The van der Waals surface area contributed by atoms with Gasteiger partial charge in [0.05, 0.1) is 6.10 Å². The minimum absolute atomic E-state index is 0.0158. The van der Waals surface area contributed by atoms with Crippen molar-refractivity contribution in [2.45, 2.75) is 63.6 Å². The molecule has 1 atom stereocenters. The molecule has 0 spiro atoms. The number of ether oxygens (including phenoxy) is 1. The van der Waals surface area contributed by atoms with E-state index in [4.69, 9.17) is 9.15 Å². The van der Waals surface area contributed by atoms with Gasteiger partial charge in [-0.2, -0.15) is 4.31 Å². The van der Waals surface area contributed by atoms with E-state index < -0.39 is 15.9 Å². The Labute approximate surface area is 162 Å². The molecule has 0 unspecified atom stereocenters. The van der Waals surface area contributed by atoms with Crippen molar-refractivity contribution in [3.05, 3.63) is 17.9 Å².